The van der Waals surface area contributed by atoms with Crippen LogP contribution in [0.3, 0.4) is 0 Å². The first-order valence-electron chi connectivity index (χ1n) is 10.4. The summed E-state index contributed by atoms with van der Waals surface area (Å²) in [6.07, 6.45) is 1.33. The second-order valence-electron chi connectivity index (χ2n) is 7.70. The van der Waals surface area contributed by atoms with E-state index in [-0.39, 0.29) is 22.9 Å². The summed E-state index contributed by atoms with van der Waals surface area (Å²) in [5, 5.41) is 13.3. The smallest absolute Gasteiger partial charge is 0.335 e. The molecule has 9 nitrogen and oxygen atoms in total. The lowest BCUT2D eigenvalue weighted by molar-refractivity contribution is -0.384. The van der Waals surface area contributed by atoms with Crippen molar-refractivity contribution in [1.29, 1.82) is 0 Å². The van der Waals surface area contributed by atoms with Gasteiger partial charge in [0.05, 0.1) is 15.6 Å². The minimum absolute atomic E-state index is 0.0484. The van der Waals surface area contributed by atoms with Gasteiger partial charge in [0, 0.05) is 12.1 Å². The molecule has 176 valence electrons. The van der Waals surface area contributed by atoms with Gasteiger partial charge in [-0.1, -0.05) is 47.5 Å². The summed E-state index contributed by atoms with van der Waals surface area (Å²) in [6, 6.07) is 16.6. The van der Waals surface area contributed by atoms with Crippen LogP contribution in [0.1, 0.15) is 16.7 Å². The van der Waals surface area contributed by atoms with Gasteiger partial charge in [-0.25, -0.2) is 9.69 Å². The number of imide groups is 2. The molecule has 1 heterocycles. The SMILES string of the molecule is Cc1ccc(N2C(=O)NC(=O)/C(=C\c3ccc(OCc4cccc([N+](=O)[O-])c4)c(Cl)c3)C2=O)cc1. The molecule has 0 atom stereocenters. The first kappa shape index (κ1) is 23.7. The van der Waals surface area contributed by atoms with Gasteiger partial charge in [-0.05, 0) is 48.4 Å². The lowest BCUT2D eigenvalue weighted by Crippen LogP contribution is -2.54. The van der Waals surface area contributed by atoms with Gasteiger partial charge in [0.2, 0.25) is 0 Å². The number of nitrogens with zero attached hydrogens (tertiary/aromatic N) is 2. The van der Waals surface area contributed by atoms with Gasteiger partial charge in [0.15, 0.2) is 0 Å². The van der Waals surface area contributed by atoms with Crippen LogP contribution in [0.4, 0.5) is 16.2 Å². The minimum Gasteiger partial charge on any atom is -0.487 e. The van der Waals surface area contributed by atoms with E-state index in [2.05, 4.69) is 5.32 Å². The predicted molar refractivity (Wildman–Crippen MR) is 129 cm³/mol. The number of carbonyl (C=O) groups is 3. The third-order valence-corrected chi connectivity index (χ3v) is 5.47. The van der Waals surface area contributed by atoms with Crippen LogP contribution in [-0.2, 0) is 16.2 Å². The van der Waals surface area contributed by atoms with E-state index in [9.17, 15) is 24.5 Å². The number of carbonyl (C=O) groups excluding carboxylic acids is 3. The van der Waals surface area contributed by atoms with E-state index in [1.54, 1.807) is 48.5 Å². The number of barbiturate groups is 1. The molecule has 0 aromatic heterocycles. The number of nitro benzene ring substituents is 1. The van der Waals surface area contributed by atoms with E-state index in [0.29, 0.717) is 22.6 Å². The molecule has 1 N–H and O–H groups in total. The molecular weight excluding hydrogens is 474 g/mol. The molecule has 10 heteroatoms. The highest BCUT2D eigenvalue weighted by Crippen LogP contribution is 2.29. The fraction of sp³-hybridized carbons (Fsp3) is 0.0800. The molecule has 1 aliphatic rings. The first-order valence-corrected chi connectivity index (χ1v) is 10.7. The summed E-state index contributed by atoms with van der Waals surface area (Å²) in [5.41, 5.74) is 2.03. The molecule has 0 spiro atoms. The molecule has 0 saturated carbocycles. The summed E-state index contributed by atoms with van der Waals surface area (Å²) < 4.78 is 5.67. The van der Waals surface area contributed by atoms with Crippen molar-refractivity contribution >= 4 is 46.9 Å². The Labute approximate surface area is 204 Å². The van der Waals surface area contributed by atoms with E-state index >= 15 is 0 Å². The average molecular weight is 492 g/mol. The Kier molecular flexibility index (Phi) is 6.61. The Hall–Kier alpha value is -4.50. The highest BCUT2D eigenvalue weighted by atomic mass is 35.5. The van der Waals surface area contributed by atoms with E-state index in [1.165, 1.54) is 24.3 Å². The zero-order chi connectivity index (χ0) is 25.1. The van der Waals surface area contributed by atoms with E-state index < -0.39 is 22.8 Å². The number of urea groups is 1. The minimum atomic E-state index is -0.830. The number of anilines is 1. The Morgan fingerprint density at radius 1 is 1.06 bits per heavy atom. The van der Waals surface area contributed by atoms with Crippen molar-refractivity contribution in [3.63, 3.8) is 0 Å². The monoisotopic (exact) mass is 491 g/mol. The molecular formula is C25H18ClN3O6. The maximum atomic E-state index is 13.0. The number of nitrogens with one attached hydrogen (secondary N) is 1. The highest BCUT2D eigenvalue weighted by Gasteiger charge is 2.36. The largest absolute Gasteiger partial charge is 0.487 e. The van der Waals surface area contributed by atoms with E-state index in [0.717, 1.165) is 10.5 Å². The molecule has 1 saturated heterocycles. The number of ether oxygens (including phenoxy) is 1. The Morgan fingerprint density at radius 2 is 1.80 bits per heavy atom. The number of hydrogen-bond acceptors (Lipinski definition) is 6. The fourth-order valence-electron chi connectivity index (χ4n) is 3.40. The van der Waals surface area contributed by atoms with Gasteiger partial charge in [-0.15, -0.1) is 0 Å². The molecule has 3 aromatic rings. The number of aryl methyl sites for hydroxylation is 1. The molecule has 0 aliphatic carbocycles. The molecule has 0 bridgehead atoms. The van der Waals surface area contributed by atoms with Crippen molar-refractivity contribution in [2.45, 2.75) is 13.5 Å². The Bertz CT molecular complexity index is 1380. The maximum Gasteiger partial charge on any atom is 0.335 e. The van der Waals surface area contributed by atoms with Crippen LogP contribution in [0.5, 0.6) is 5.75 Å². The summed E-state index contributed by atoms with van der Waals surface area (Å²) in [5.74, 6) is -1.26. The van der Waals surface area contributed by atoms with Crippen molar-refractivity contribution in [3.05, 3.63) is 104 Å². The summed E-state index contributed by atoms with van der Waals surface area (Å²) in [4.78, 5) is 49.0. The quantitative estimate of drug-likeness (QED) is 0.229. The number of nitro groups is 1. The van der Waals surface area contributed by atoms with Gasteiger partial charge in [-0.3, -0.25) is 25.0 Å². The summed E-state index contributed by atoms with van der Waals surface area (Å²) >= 11 is 6.32. The topological polar surface area (TPSA) is 119 Å². The van der Waals surface area contributed by atoms with E-state index in [1.807, 2.05) is 6.92 Å². The van der Waals surface area contributed by atoms with Crippen molar-refractivity contribution in [1.82, 2.24) is 5.32 Å². The molecule has 3 aromatic carbocycles. The number of hydrogen-bond donors (Lipinski definition) is 1. The normalized spacial score (nSPS) is 14.7. The standard InChI is InChI=1S/C25H18ClN3O6/c1-15-5-8-18(9-6-15)28-24(31)20(23(30)27-25(28)32)12-16-7-10-22(21(26)13-16)35-14-17-3-2-4-19(11-17)29(33)34/h2-13H,14H2,1H3,(H,27,30,32)/b20-12+. The van der Waals surface area contributed by atoms with Crippen LogP contribution >= 0.6 is 11.6 Å². The zero-order valence-electron chi connectivity index (χ0n) is 18.4. The number of halogens is 1. The van der Waals surface area contributed by atoms with Crippen LogP contribution in [-0.4, -0.2) is 22.8 Å². The predicted octanol–water partition coefficient (Wildman–Crippen LogP) is 4.80. The summed E-state index contributed by atoms with van der Waals surface area (Å²) in [6.45, 7) is 1.92. The number of benzene rings is 3. The van der Waals surface area contributed by atoms with Crippen LogP contribution < -0.4 is 15.0 Å². The molecule has 0 radical (unpaired) electrons. The van der Waals surface area contributed by atoms with Gasteiger partial charge < -0.3 is 4.74 Å². The number of amides is 4. The van der Waals surface area contributed by atoms with Crippen molar-refractivity contribution in [2.24, 2.45) is 0 Å². The molecule has 4 amide bonds. The number of rotatable bonds is 6. The van der Waals surface area contributed by atoms with Crippen molar-refractivity contribution in [3.8, 4) is 5.75 Å². The second kappa shape index (κ2) is 9.78. The average Bonchev–Trinajstić information content (AvgIpc) is 2.82. The van der Waals surface area contributed by atoms with Crippen LogP contribution in [0.25, 0.3) is 6.08 Å². The molecule has 0 unspecified atom stereocenters. The molecule has 1 aliphatic heterocycles. The third kappa shape index (κ3) is 5.20. The van der Waals surface area contributed by atoms with Gasteiger partial charge in [0.1, 0.15) is 17.9 Å². The number of non-ortho nitro benzene ring substituents is 1. The Morgan fingerprint density at radius 3 is 2.49 bits per heavy atom. The maximum absolute atomic E-state index is 13.0. The van der Waals surface area contributed by atoms with Crippen molar-refractivity contribution < 1.29 is 24.0 Å². The summed E-state index contributed by atoms with van der Waals surface area (Å²) in [7, 11) is 0. The highest BCUT2D eigenvalue weighted by molar-refractivity contribution is 6.39. The van der Waals surface area contributed by atoms with Gasteiger partial charge >= 0.3 is 6.03 Å². The lowest BCUT2D eigenvalue weighted by atomic mass is 10.1. The fourth-order valence-corrected chi connectivity index (χ4v) is 3.64. The lowest BCUT2D eigenvalue weighted by Gasteiger charge is -2.26. The zero-order valence-corrected chi connectivity index (χ0v) is 19.1. The Balaban J connectivity index is 1.54. The van der Waals surface area contributed by atoms with Gasteiger partial charge in [0.25, 0.3) is 17.5 Å². The van der Waals surface area contributed by atoms with Crippen LogP contribution in [0, 0.1) is 17.0 Å². The third-order valence-electron chi connectivity index (χ3n) is 5.18. The van der Waals surface area contributed by atoms with Gasteiger partial charge in [-0.2, -0.15) is 0 Å². The van der Waals surface area contributed by atoms with Crippen LogP contribution in [0.15, 0.2) is 72.3 Å². The first-order chi connectivity index (χ1) is 16.7. The van der Waals surface area contributed by atoms with Crippen LogP contribution in [0.2, 0.25) is 5.02 Å². The molecule has 1 fully saturated rings. The van der Waals surface area contributed by atoms with E-state index in [4.69, 9.17) is 16.3 Å². The molecule has 35 heavy (non-hydrogen) atoms. The van der Waals surface area contributed by atoms with Crippen molar-refractivity contribution in [2.75, 3.05) is 4.90 Å². The molecule has 4 rings (SSSR count). The second-order valence-corrected chi connectivity index (χ2v) is 8.11.